The number of benzene rings is 1. The summed E-state index contributed by atoms with van der Waals surface area (Å²) in [5.41, 5.74) is 4.29. The van der Waals surface area contributed by atoms with E-state index in [1.807, 2.05) is 34.7 Å². The Morgan fingerprint density at radius 2 is 2.15 bits per heavy atom. The summed E-state index contributed by atoms with van der Waals surface area (Å²) >= 11 is 7.75. The van der Waals surface area contributed by atoms with E-state index in [1.54, 1.807) is 7.11 Å². The van der Waals surface area contributed by atoms with Crippen molar-refractivity contribution in [3.05, 3.63) is 34.6 Å². The Balaban J connectivity index is 1.69. The zero-order chi connectivity index (χ0) is 19.0. The summed E-state index contributed by atoms with van der Waals surface area (Å²) in [4.78, 5) is 15.1. The number of aryl methyl sites for hydroxylation is 1. The Morgan fingerprint density at radius 3 is 2.85 bits per heavy atom. The quantitative estimate of drug-likeness (QED) is 0.828. The zero-order valence-electron chi connectivity index (χ0n) is 15.0. The van der Waals surface area contributed by atoms with Crippen LogP contribution in [0.1, 0.15) is 17.4 Å². The molecule has 0 bridgehead atoms. The predicted octanol–water partition coefficient (Wildman–Crippen LogP) is 1.87. The van der Waals surface area contributed by atoms with Crippen molar-refractivity contribution in [1.29, 1.82) is 0 Å². The van der Waals surface area contributed by atoms with Gasteiger partial charge in [-0.2, -0.15) is 0 Å². The Bertz CT molecular complexity index is 855. The first-order valence-electron chi connectivity index (χ1n) is 8.63. The number of nitrogens with one attached hydrogen (secondary N) is 1. The third-order valence-corrected chi connectivity index (χ3v) is 6.20. The zero-order valence-corrected chi connectivity index (χ0v) is 16.6. The number of aromatic nitrogens is 3. The van der Waals surface area contributed by atoms with E-state index in [0.29, 0.717) is 42.2 Å². The molecule has 2 unspecified atom stereocenters. The second-order valence-corrected chi connectivity index (χ2v) is 7.86. The van der Waals surface area contributed by atoms with Crippen LogP contribution in [0.25, 0.3) is 0 Å². The molecule has 2 aliphatic heterocycles. The van der Waals surface area contributed by atoms with Gasteiger partial charge in [-0.15, -0.1) is 10.2 Å². The Kier molecular flexibility index (Phi) is 5.16. The summed E-state index contributed by atoms with van der Waals surface area (Å²) in [6.45, 7) is 4.18. The number of methoxy groups -OCH3 is 1. The number of carbonyl (C=O) groups excluding carboxylic acids is 1. The van der Waals surface area contributed by atoms with E-state index in [1.165, 1.54) is 11.8 Å². The lowest BCUT2D eigenvalue weighted by Crippen LogP contribution is -2.49. The highest BCUT2D eigenvalue weighted by Crippen LogP contribution is 2.39. The second-order valence-electron chi connectivity index (χ2n) is 6.34. The molecule has 27 heavy (non-hydrogen) atoms. The summed E-state index contributed by atoms with van der Waals surface area (Å²) in [6, 6.07) is 5.29. The van der Waals surface area contributed by atoms with Gasteiger partial charge in [0.15, 0.2) is 0 Å². The van der Waals surface area contributed by atoms with Gasteiger partial charge in [0, 0.05) is 13.1 Å². The lowest BCUT2D eigenvalue weighted by molar-refractivity contribution is -0.135. The molecule has 1 aromatic carbocycles. The van der Waals surface area contributed by atoms with Crippen LogP contribution in [0.5, 0.6) is 5.75 Å². The summed E-state index contributed by atoms with van der Waals surface area (Å²) in [7, 11) is 1.58. The van der Waals surface area contributed by atoms with Crippen LogP contribution in [-0.4, -0.2) is 64.3 Å². The van der Waals surface area contributed by atoms with E-state index in [0.717, 1.165) is 11.4 Å². The van der Waals surface area contributed by atoms with Gasteiger partial charge >= 0.3 is 0 Å². The molecule has 0 saturated carbocycles. The summed E-state index contributed by atoms with van der Waals surface area (Å²) < 4.78 is 12.4. The molecular weight excluding hydrogens is 390 g/mol. The molecule has 144 valence electrons. The number of hydrogen-bond donors (Lipinski definition) is 1. The van der Waals surface area contributed by atoms with Crippen LogP contribution in [0.2, 0.25) is 5.02 Å². The fraction of sp³-hybridized carbons (Fsp3) is 0.471. The van der Waals surface area contributed by atoms with Crippen molar-refractivity contribution in [1.82, 2.24) is 19.8 Å². The third kappa shape index (κ3) is 3.46. The van der Waals surface area contributed by atoms with Gasteiger partial charge in [-0.25, -0.2) is 4.68 Å². The number of thioether (sulfide) groups is 1. The highest BCUT2D eigenvalue weighted by Gasteiger charge is 2.40. The lowest BCUT2D eigenvalue weighted by Gasteiger charge is -2.37. The molecule has 0 spiro atoms. The normalized spacial score (nSPS) is 22.1. The van der Waals surface area contributed by atoms with E-state index in [9.17, 15) is 4.79 Å². The largest absolute Gasteiger partial charge is 0.495 e. The monoisotopic (exact) mass is 409 g/mol. The van der Waals surface area contributed by atoms with Crippen LogP contribution in [0, 0.1) is 6.92 Å². The molecule has 1 aromatic heterocycles. The SMILES string of the molecule is COc1ccc(C2Nn3c(C)nnc3SC2C(=O)N2CCOCC2)cc1Cl. The third-order valence-electron chi connectivity index (χ3n) is 4.70. The van der Waals surface area contributed by atoms with Gasteiger partial charge in [-0.3, -0.25) is 4.79 Å². The number of rotatable bonds is 3. The van der Waals surface area contributed by atoms with Crippen molar-refractivity contribution in [3.8, 4) is 5.75 Å². The van der Waals surface area contributed by atoms with Crippen molar-refractivity contribution < 1.29 is 14.3 Å². The molecule has 4 rings (SSSR count). The number of carbonyl (C=O) groups is 1. The molecule has 1 N–H and O–H groups in total. The molecule has 0 aliphatic carbocycles. The van der Waals surface area contributed by atoms with Gasteiger partial charge in [0.2, 0.25) is 11.1 Å². The highest BCUT2D eigenvalue weighted by atomic mass is 35.5. The average Bonchev–Trinajstić information content (AvgIpc) is 3.07. The number of ether oxygens (including phenoxy) is 2. The van der Waals surface area contributed by atoms with Crippen LogP contribution in [0.4, 0.5) is 0 Å². The summed E-state index contributed by atoms with van der Waals surface area (Å²) in [5.74, 6) is 1.39. The molecule has 10 heteroatoms. The van der Waals surface area contributed by atoms with E-state index >= 15 is 0 Å². The average molecular weight is 410 g/mol. The first-order valence-corrected chi connectivity index (χ1v) is 9.89. The van der Waals surface area contributed by atoms with Gasteiger partial charge < -0.3 is 19.8 Å². The van der Waals surface area contributed by atoms with Crippen LogP contribution in [0.15, 0.2) is 23.4 Å². The van der Waals surface area contributed by atoms with Crippen LogP contribution in [-0.2, 0) is 9.53 Å². The van der Waals surface area contributed by atoms with Crippen LogP contribution in [0.3, 0.4) is 0 Å². The summed E-state index contributed by atoms with van der Waals surface area (Å²) in [6.07, 6.45) is 0. The molecule has 2 aromatic rings. The van der Waals surface area contributed by atoms with Gasteiger partial charge in [0.1, 0.15) is 16.8 Å². The molecule has 2 aliphatic rings. The number of amides is 1. The number of nitrogens with zero attached hydrogens (tertiary/aromatic N) is 4. The Hall–Kier alpha value is -1.97. The van der Waals surface area contributed by atoms with Crippen molar-refractivity contribution in [2.45, 2.75) is 23.4 Å². The van der Waals surface area contributed by atoms with E-state index in [4.69, 9.17) is 21.1 Å². The number of fused-ring (bicyclic) bond motifs is 1. The minimum absolute atomic E-state index is 0.0552. The molecule has 2 atom stereocenters. The number of morpholine rings is 1. The maximum Gasteiger partial charge on any atom is 0.238 e. The fourth-order valence-electron chi connectivity index (χ4n) is 3.24. The van der Waals surface area contributed by atoms with Gasteiger partial charge in [-0.05, 0) is 24.6 Å². The second kappa shape index (κ2) is 7.57. The molecule has 1 saturated heterocycles. The van der Waals surface area contributed by atoms with Gasteiger partial charge in [0.25, 0.3) is 0 Å². The van der Waals surface area contributed by atoms with Crippen molar-refractivity contribution >= 4 is 29.3 Å². The summed E-state index contributed by atoms with van der Waals surface area (Å²) in [5, 5.41) is 9.09. The van der Waals surface area contributed by atoms with Crippen molar-refractivity contribution in [3.63, 3.8) is 0 Å². The maximum absolute atomic E-state index is 13.3. The van der Waals surface area contributed by atoms with Crippen LogP contribution >= 0.6 is 23.4 Å². The molecule has 3 heterocycles. The van der Waals surface area contributed by atoms with Crippen molar-refractivity contribution in [2.75, 3.05) is 38.8 Å². The first-order chi connectivity index (χ1) is 13.1. The van der Waals surface area contributed by atoms with Crippen LogP contribution < -0.4 is 10.2 Å². The first kappa shape index (κ1) is 18.4. The Morgan fingerprint density at radius 1 is 1.37 bits per heavy atom. The highest BCUT2D eigenvalue weighted by molar-refractivity contribution is 8.00. The molecule has 0 radical (unpaired) electrons. The van der Waals surface area contributed by atoms with E-state index in [2.05, 4.69) is 15.6 Å². The standard InChI is InChI=1S/C17H20ClN5O3S/c1-10-19-20-17-23(10)21-14(11-3-4-13(25-2)12(18)9-11)15(27-17)16(24)22-5-7-26-8-6-22/h3-4,9,14-15,21H,5-8H2,1-2H3. The van der Waals surface area contributed by atoms with Gasteiger partial charge in [0.05, 0.1) is 31.4 Å². The topological polar surface area (TPSA) is 81.5 Å². The maximum atomic E-state index is 13.3. The number of hydrogen-bond acceptors (Lipinski definition) is 7. The minimum atomic E-state index is -0.385. The Labute approximate surface area is 166 Å². The van der Waals surface area contributed by atoms with Crippen molar-refractivity contribution in [2.24, 2.45) is 0 Å². The van der Waals surface area contributed by atoms with E-state index in [-0.39, 0.29) is 17.2 Å². The lowest BCUT2D eigenvalue weighted by atomic mass is 10.0. The molecule has 8 nitrogen and oxygen atoms in total. The smallest absolute Gasteiger partial charge is 0.238 e. The van der Waals surface area contributed by atoms with E-state index < -0.39 is 0 Å². The predicted molar refractivity (Wildman–Crippen MR) is 102 cm³/mol. The fourth-order valence-corrected chi connectivity index (χ4v) is 4.71. The molecule has 1 amide bonds. The van der Waals surface area contributed by atoms with Gasteiger partial charge in [-0.1, -0.05) is 29.4 Å². The molecule has 1 fully saturated rings. The molecular formula is C17H20ClN5O3S. The number of halogens is 1. The minimum Gasteiger partial charge on any atom is -0.495 e.